The van der Waals surface area contributed by atoms with E-state index < -0.39 is 0 Å². The summed E-state index contributed by atoms with van der Waals surface area (Å²) in [4.78, 5) is 4.09. The zero-order valence-electron chi connectivity index (χ0n) is 5.51. The fourth-order valence-corrected chi connectivity index (χ4v) is 1.83. The van der Waals surface area contributed by atoms with Gasteiger partial charge in [0.05, 0.1) is 5.52 Å². The summed E-state index contributed by atoms with van der Waals surface area (Å²) in [6, 6.07) is 1.73. The molecular formula is C7H7NOS. The van der Waals surface area contributed by atoms with Crippen LogP contribution in [0.4, 0.5) is 0 Å². The number of H-pyrrole nitrogens is 1. The summed E-state index contributed by atoms with van der Waals surface area (Å²) < 4.78 is 0. The Bertz CT molecular complexity index is 360. The van der Waals surface area contributed by atoms with Crippen LogP contribution in [0.1, 0.15) is 4.88 Å². The molecule has 52 valence electrons. The molecule has 2 N–H and O–H groups in total. The van der Waals surface area contributed by atoms with E-state index >= 15 is 0 Å². The van der Waals surface area contributed by atoms with E-state index in [1.54, 1.807) is 17.4 Å². The fraction of sp³-hybridized carbons (Fsp3) is 0.143. The minimum atomic E-state index is 0.251. The van der Waals surface area contributed by atoms with Gasteiger partial charge in [0, 0.05) is 21.7 Å². The molecule has 0 aliphatic carbocycles. The molecule has 2 rings (SSSR count). The number of aromatic amines is 1. The van der Waals surface area contributed by atoms with E-state index in [1.165, 1.54) is 4.88 Å². The number of fused-ring (bicyclic) bond motifs is 1. The molecule has 10 heavy (non-hydrogen) atoms. The summed E-state index contributed by atoms with van der Waals surface area (Å²) >= 11 is 1.69. The second-order valence-corrected chi connectivity index (χ2v) is 3.36. The number of aryl methyl sites for hydroxylation is 1. The van der Waals surface area contributed by atoms with Crippen molar-refractivity contribution in [1.82, 2.24) is 4.98 Å². The summed E-state index contributed by atoms with van der Waals surface area (Å²) in [5, 5.41) is 12.1. The molecule has 0 spiro atoms. The molecule has 2 aromatic heterocycles. The Morgan fingerprint density at radius 2 is 2.40 bits per heavy atom. The molecule has 0 aliphatic heterocycles. The molecule has 3 heteroatoms. The highest BCUT2D eigenvalue weighted by Crippen LogP contribution is 2.27. The Labute approximate surface area is 62.1 Å². The van der Waals surface area contributed by atoms with Crippen molar-refractivity contribution in [3.05, 3.63) is 16.3 Å². The molecule has 2 heterocycles. The molecule has 0 amide bonds. The molecule has 0 saturated heterocycles. The molecule has 0 radical (unpaired) electrons. The van der Waals surface area contributed by atoms with E-state index in [-0.39, 0.29) is 5.88 Å². The maximum atomic E-state index is 9.02. The van der Waals surface area contributed by atoms with Gasteiger partial charge < -0.3 is 10.1 Å². The molecule has 2 aromatic rings. The Morgan fingerprint density at radius 1 is 1.60 bits per heavy atom. The lowest BCUT2D eigenvalue weighted by Gasteiger charge is -1.81. The van der Waals surface area contributed by atoms with Crippen LogP contribution in [0.15, 0.2) is 11.4 Å². The van der Waals surface area contributed by atoms with Crippen molar-refractivity contribution in [3.63, 3.8) is 0 Å². The van der Waals surface area contributed by atoms with E-state index in [2.05, 4.69) is 4.98 Å². The summed E-state index contributed by atoms with van der Waals surface area (Å²) in [6.45, 7) is 2.03. The second kappa shape index (κ2) is 1.76. The van der Waals surface area contributed by atoms with Gasteiger partial charge in [-0.3, -0.25) is 0 Å². The Hall–Kier alpha value is -0.960. The van der Waals surface area contributed by atoms with Crippen LogP contribution < -0.4 is 0 Å². The highest BCUT2D eigenvalue weighted by atomic mass is 32.1. The van der Waals surface area contributed by atoms with Crippen LogP contribution in [-0.2, 0) is 0 Å². The minimum Gasteiger partial charge on any atom is -0.495 e. The molecule has 0 fully saturated rings. The monoisotopic (exact) mass is 153 g/mol. The van der Waals surface area contributed by atoms with Gasteiger partial charge in [0.25, 0.3) is 0 Å². The Kier molecular flexibility index (Phi) is 1.02. The predicted molar refractivity (Wildman–Crippen MR) is 42.6 cm³/mol. The van der Waals surface area contributed by atoms with Crippen LogP contribution in [0.25, 0.3) is 10.9 Å². The SMILES string of the molecule is Cc1scc2cc(O)[nH]c12. The van der Waals surface area contributed by atoms with Gasteiger partial charge in [-0.1, -0.05) is 0 Å². The van der Waals surface area contributed by atoms with E-state index in [0.29, 0.717) is 0 Å². The lowest BCUT2D eigenvalue weighted by molar-refractivity contribution is 0.458. The molecule has 0 bridgehead atoms. The summed E-state index contributed by atoms with van der Waals surface area (Å²) in [6.07, 6.45) is 0. The molecule has 0 aromatic carbocycles. The average molecular weight is 153 g/mol. The van der Waals surface area contributed by atoms with Gasteiger partial charge in [-0.2, -0.15) is 0 Å². The second-order valence-electron chi connectivity index (χ2n) is 2.28. The number of rotatable bonds is 0. The first-order valence-corrected chi connectivity index (χ1v) is 3.91. The molecule has 2 nitrogen and oxygen atoms in total. The van der Waals surface area contributed by atoms with Crippen molar-refractivity contribution >= 4 is 22.2 Å². The number of thiophene rings is 1. The molecule has 0 aliphatic rings. The highest BCUT2D eigenvalue weighted by molar-refractivity contribution is 7.11. The smallest absolute Gasteiger partial charge is 0.189 e. The summed E-state index contributed by atoms with van der Waals surface area (Å²) in [5.74, 6) is 0.251. The third kappa shape index (κ3) is 0.640. The number of hydrogen-bond acceptors (Lipinski definition) is 2. The zero-order chi connectivity index (χ0) is 7.14. The largest absolute Gasteiger partial charge is 0.495 e. The first kappa shape index (κ1) is 5.80. The van der Waals surface area contributed by atoms with Crippen molar-refractivity contribution in [2.45, 2.75) is 6.92 Å². The number of aromatic hydroxyl groups is 1. The van der Waals surface area contributed by atoms with E-state index in [4.69, 9.17) is 5.11 Å². The van der Waals surface area contributed by atoms with Crippen LogP contribution in [0.5, 0.6) is 5.88 Å². The van der Waals surface area contributed by atoms with Gasteiger partial charge in [0.2, 0.25) is 0 Å². The fourth-order valence-electron chi connectivity index (χ4n) is 1.05. The van der Waals surface area contributed by atoms with Crippen LogP contribution in [-0.4, -0.2) is 10.1 Å². The van der Waals surface area contributed by atoms with Crippen molar-refractivity contribution in [3.8, 4) is 5.88 Å². The highest BCUT2D eigenvalue weighted by Gasteiger charge is 2.02. The van der Waals surface area contributed by atoms with Crippen molar-refractivity contribution in [2.75, 3.05) is 0 Å². The summed E-state index contributed by atoms with van der Waals surface area (Å²) in [7, 11) is 0. The third-order valence-electron chi connectivity index (χ3n) is 1.55. The molecule has 0 unspecified atom stereocenters. The number of aromatic nitrogens is 1. The average Bonchev–Trinajstić information content (AvgIpc) is 2.35. The maximum absolute atomic E-state index is 9.02. The zero-order valence-corrected chi connectivity index (χ0v) is 6.33. The van der Waals surface area contributed by atoms with E-state index in [9.17, 15) is 0 Å². The third-order valence-corrected chi connectivity index (χ3v) is 2.48. The topological polar surface area (TPSA) is 36.0 Å². The van der Waals surface area contributed by atoms with E-state index in [1.807, 2.05) is 12.3 Å². The lowest BCUT2D eigenvalue weighted by Crippen LogP contribution is -1.63. The lowest BCUT2D eigenvalue weighted by atomic mass is 10.4. The molecule has 0 atom stereocenters. The van der Waals surface area contributed by atoms with Gasteiger partial charge in [0.15, 0.2) is 5.88 Å². The molecular weight excluding hydrogens is 146 g/mol. The first-order valence-electron chi connectivity index (χ1n) is 3.03. The predicted octanol–water partition coefficient (Wildman–Crippen LogP) is 2.24. The number of hydrogen-bond donors (Lipinski definition) is 2. The van der Waals surface area contributed by atoms with Crippen molar-refractivity contribution < 1.29 is 5.11 Å². The first-order chi connectivity index (χ1) is 4.77. The standard InChI is InChI=1S/C7H7NOS/c1-4-7-5(3-10-4)2-6(9)8-7/h2-3,8-9H,1H3. The van der Waals surface area contributed by atoms with Gasteiger partial charge in [-0.05, 0) is 6.92 Å². The maximum Gasteiger partial charge on any atom is 0.189 e. The van der Waals surface area contributed by atoms with Gasteiger partial charge in [-0.25, -0.2) is 0 Å². The van der Waals surface area contributed by atoms with Crippen molar-refractivity contribution in [2.24, 2.45) is 0 Å². The van der Waals surface area contributed by atoms with Crippen LogP contribution >= 0.6 is 11.3 Å². The van der Waals surface area contributed by atoms with Gasteiger partial charge in [-0.15, -0.1) is 11.3 Å². The van der Waals surface area contributed by atoms with Gasteiger partial charge >= 0.3 is 0 Å². The normalized spacial score (nSPS) is 10.9. The number of nitrogens with one attached hydrogen (secondary N) is 1. The van der Waals surface area contributed by atoms with Crippen LogP contribution in [0, 0.1) is 6.92 Å². The van der Waals surface area contributed by atoms with Crippen LogP contribution in [0.3, 0.4) is 0 Å². The minimum absolute atomic E-state index is 0.251. The van der Waals surface area contributed by atoms with Crippen molar-refractivity contribution in [1.29, 1.82) is 0 Å². The quantitative estimate of drug-likeness (QED) is 0.598. The summed E-state index contributed by atoms with van der Waals surface area (Å²) in [5.41, 5.74) is 1.06. The van der Waals surface area contributed by atoms with Crippen LogP contribution in [0.2, 0.25) is 0 Å². The Morgan fingerprint density at radius 3 is 3.10 bits per heavy atom. The molecule has 0 saturated carbocycles. The van der Waals surface area contributed by atoms with E-state index in [0.717, 1.165) is 10.9 Å². The van der Waals surface area contributed by atoms with Gasteiger partial charge in [0.1, 0.15) is 0 Å². The Balaban J connectivity index is 2.90.